The molecular weight excluding hydrogens is 312 g/mol. The minimum absolute atomic E-state index is 0.0321. The molecule has 1 heterocycles. The highest BCUT2D eigenvalue weighted by molar-refractivity contribution is 6.35. The summed E-state index contributed by atoms with van der Waals surface area (Å²) < 4.78 is 10.5. The van der Waals surface area contributed by atoms with E-state index >= 15 is 0 Å². The van der Waals surface area contributed by atoms with Crippen LogP contribution < -0.4 is 14.8 Å². The van der Waals surface area contributed by atoms with Crippen LogP contribution in [0.25, 0.3) is 11.6 Å². The number of nitrogens with zero attached hydrogens (tertiary/aromatic N) is 1. The quantitative estimate of drug-likeness (QED) is 0.529. The number of non-ortho nitro benzene ring substituents is 1. The summed E-state index contributed by atoms with van der Waals surface area (Å²) >= 11 is 0. The molecule has 0 atom stereocenters. The maximum Gasteiger partial charge on any atom is 0.270 e. The van der Waals surface area contributed by atoms with Gasteiger partial charge in [-0.1, -0.05) is 12.1 Å². The number of anilines is 1. The van der Waals surface area contributed by atoms with Gasteiger partial charge in [0.25, 0.3) is 11.6 Å². The molecule has 7 nitrogen and oxygen atoms in total. The summed E-state index contributed by atoms with van der Waals surface area (Å²) in [6, 6.07) is 9.48. The standard InChI is InChI=1S/C17H14N2O5/c1-23-15-8-12-13(17(20)18-14(12)9-16(15)24-2)7-10-4-3-5-11(6-10)19(21)22/h3-9H,1-2H3,(H,18,20). The van der Waals surface area contributed by atoms with Crippen molar-refractivity contribution < 1.29 is 19.2 Å². The summed E-state index contributed by atoms with van der Waals surface area (Å²) in [5.41, 5.74) is 2.21. The second-order valence-corrected chi connectivity index (χ2v) is 5.12. The molecule has 0 fully saturated rings. The van der Waals surface area contributed by atoms with Gasteiger partial charge in [-0.2, -0.15) is 0 Å². The monoisotopic (exact) mass is 326 g/mol. The molecule has 2 aromatic rings. The topological polar surface area (TPSA) is 90.7 Å². The predicted molar refractivity (Wildman–Crippen MR) is 89.1 cm³/mol. The summed E-state index contributed by atoms with van der Waals surface area (Å²) in [5, 5.41) is 13.6. The summed E-state index contributed by atoms with van der Waals surface area (Å²) in [6.45, 7) is 0. The van der Waals surface area contributed by atoms with Crippen molar-refractivity contribution in [2.24, 2.45) is 0 Å². The van der Waals surface area contributed by atoms with Gasteiger partial charge in [0, 0.05) is 29.3 Å². The van der Waals surface area contributed by atoms with Crippen molar-refractivity contribution in [3.05, 3.63) is 57.6 Å². The van der Waals surface area contributed by atoms with Gasteiger partial charge in [-0.05, 0) is 17.7 Å². The Bertz CT molecular complexity index is 873. The van der Waals surface area contributed by atoms with E-state index < -0.39 is 4.92 Å². The van der Waals surface area contributed by atoms with E-state index in [4.69, 9.17) is 9.47 Å². The lowest BCUT2D eigenvalue weighted by Crippen LogP contribution is -2.03. The van der Waals surface area contributed by atoms with Crippen LogP contribution in [0.2, 0.25) is 0 Å². The fraction of sp³-hybridized carbons (Fsp3) is 0.118. The number of benzene rings is 2. The molecule has 24 heavy (non-hydrogen) atoms. The number of nitrogens with one attached hydrogen (secondary N) is 1. The largest absolute Gasteiger partial charge is 0.493 e. The predicted octanol–water partition coefficient (Wildman–Crippen LogP) is 3.10. The van der Waals surface area contributed by atoms with Crippen LogP contribution in [0.1, 0.15) is 11.1 Å². The Morgan fingerprint density at radius 3 is 2.50 bits per heavy atom. The number of nitro benzene ring substituents is 1. The lowest BCUT2D eigenvalue weighted by molar-refractivity contribution is -0.384. The Balaban J connectivity index is 2.09. The van der Waals surface area contributed by atoms with Crippen molar-refractivity contribution >= 4 is 28.9 Å². The minimum Gasteiger partial charge on any atom is -0.493 e. The van der Waals surface area contributed by atoms with E-state index in [0.29, 0.717) is 33.9 Å². The number of fused-ring (bicyclic) bond motifs is 1. The Morgan fingerprint density at radius 1 is 1.12 bits per heavy atom. The molecule has 122 valence electrons. The van der Waals surface area contributed by atoms with Crippen molar-refractivity contribution in [2.45, 2.75) is 0 Å². The van der Waals surface area contributed by atoms with E-state index in [1.165, 1.54) is 26.4 Å². The van der Waals surface area contributed by atoms with Crippen LogP contribution in [0.4, 0.5) is 11.4 Å². The lowest BCUT2D eigenvalue weighted by Gasteiger charge is -2.09. The highest BCUT2D eigenvalue weighted by Crippen LogP contribution is 2.41. The molecule has 0 saturated carbocycles. The van der Waals surface area contributed by atoms with Crippen LogP contribution >= 0.6 is 0 Å². The Kier molecular flexibility index (Phi) is 3.91. The number of hydrogen-bond donors (Lipinski definition) is 1. The number of amides is 1. The first-order valence-electron chi connectivity index (χ1n) is 7.07. The molecule has 1 aliphatic rings. The summed E-state index contributed by atoms with van der Waals surface area (Å²) in [7, 11) is 3.03. The molecular formula is C17H14N2O5. The third-order valence-corrected chi connectivity index (χ3v) is 3.70. The first kappa shape index (κ1) is 15.5. The molecule has 0 bridgehead atoms. The van der Waals surface area contributed by atoms with Crippen molar-refractivity contribution in [3.8, 4) is 11.5 Å². The van der Waals surface area contributed by atoms with Crippen LogP contribution in [0.3, 0.4) is 0 Å². The summed E-state index contributed by atoms with van der Waals surface area (Å²) in [5.74, 6) is 0.720. The number of carbonyl (C=O) groups excluding carboxylic acids is 1. The van der Waals surface area contributed by atoms with E-state index in [1.54, 1.807) is 30.3 Å². The third kappa shape index (κ3) is 2.67. The fourth-order valence-corrected chi connectivity index (χ4v) is 2.56. The van der Waals surface area contributed by atoms with Crippen molar-refractivity contribution in [3.63, 3.8) is 0 Å². The molecule has 1 amide bonds. The molecule has 2 aromatic carbocycles. The average Bonchev–Trinajstić information content (AvgIpc) is 2.88. The first-order chi connectivity index (χ1) is 11.5. The number of methoxy groups -OCH3 is 2. The van der Waals surface area contributed by atoms with Crippen molar-refractivity contribution in [1.82, 2.24) is 0 Å². The van der Waals surface area contributed by atoms with Gasteiger partial charge in [0.15, 0.2) is 11.5 Å². The number of nitro groups is 1. The van der Waals surface area contributed by atoms with E-state index in [0.717, 1.165) is 0 Å². The fourth-order valence-electron chi connectivity index (χ4n) is 2.56. The maximum atomic E-state index is 12.3. The second kappa shape index (κ2) is 6.04. The molecule has 1 N–H and O–H groups in total. The van der Waals surface area contributed by atoms with E-state index in [-0.39, 0.29) is 11.6 Å². The smallest absolute Gasteiger partial charge is 0.270 e. The zero-order chi connectivity index (χ0) is 17.3. The van der Waals surface area contributed by atoms with Crippen LogP contribution in [-0.4, -0.2) is 25.1 Å². The number of hydrogen-bond acceptors (Lipinski definition) is 5. The van der Waals surface area contributed by atoms with Gasteiger partial charge in [0.2, 0.25) is 0 Å². The molecule has 0 aliphatic carbocycles. The SMILES string of the molecule is COc1cc2c(cc1OC)C(=Cc1cccc([N+](=O)[O-])c1)C(=O)N2. The van der Waals surface area contributed by atoms with Gasteiger partial charge in [0.05, 0.1) is 24.8 Å². The van der Waals surface area contributed by atoms with E-state index in [9.17, 15) is 14.9 Å². The Hall–Kier alpha value is -3.35. The van der Waals surface area contributed by atoms with Gasteiger partial charge in [0.1, 0.15) is 0 Å². The molecule has 0 radical (unpaired) electrons. The first-order valence-corrected chi connectivity index (χ1v) is 7.07. The van der Waals surface area contributed by atoms with Crippen LogP contribution in [0.5, 0.6) is 11.5 Å². The van der Waals surface area contributed by atoms with Crippen LogP contribution in [0, 0.1) is 10.1 Å². The molecule has 7 heteroatoms. The van der Waals surface area contributed by atoms with Crippen molar-refractivity contribution in [2.75, 3.05) is 19.5 Å². The zero-order valence-electron chi connectivity index (χ0n) is 13.0. The van der Waals surface area contributed by atoms with E-state index in [2.05, 4.69) is 5.32 Å². The van der Waals surface area contributed by atoms with Gasteiger partial charge < -0.3 is 14.8 Å². The Labute approximate surface area is 137 Å². The highest BCUT2D eigenvalue weighted by atomic mass is 16.6. The number of rotatable bonds is 4. The van der Waals surface area contributed by atoms with Crippen LogP contribution in [0.15, 0.2) is 36.4 Å². The molecule has 1 aliphatic heterocycles. The molecule has 0 saturated heterocycles. The average molecular weight is 326 g/mol. The van der Waals surface area contributed by atoms with Gasteiger partial charge in [-0.3, -0.25) is 14.9 Å². The lowest BCUT2D eigenvalue weighted by atomic mass is 10.0. The molecule has 0 aromatic heterocycles. The van der Waals surface area contributed by atoms with Gasteiger partial charge in [-0.25, -0.2) is 0 Å². The maximum absolute atomic E-state index is 12.3. The second-order valence-electron chi connectivity index (χ2n) is 5.12. The summed E-state index contributed by atoms with van der Waals surface area (Å²) in [6.07, 6.45) is 1.61. The van der Waals surface area contributed by atoms with Crippen LogP contribution in [-0.2, 0) is 4.79 Å². The zero-order valence-corrected chi connectivity index (χ0v) is 13.0. The van der Waals surface area contributed by atoms with Crippen molar-refractivity contribution in [1.29, 1.82) is 0 Å². The van der Waals surface area contributed by atoms with E-state index in [1.807, 2.05) is 0 Å². The third-order valence-electron chi connectivity index (χ3n) is 3.70. The normalized spacial score (nSPS) is 14.2. The number of carbonyl (C=O) groups is 1. The summed E-state index contributed by atoms with van der Waals surface area (Å²) in [4.78, 5) is 22.7. The molecule has 0 spiro atoms. The minimum atomic E-state index is -0.474. The van der Waals surface area contributed by atoms with Gasteiger partial charge >= 0.3 is 0 Å². The number of ether oxygens (including phenoxy) is 2. The highest BCUT2D eigenvalue weighted by Gasteiger charge is 2.26. The van der Waals surface area contributed by atoms with Gasteiger partial charge in [-0.15, -0.1) is 0 Å². The Morgan fingerprint density at radius 2 is 1.83 bits per heavy atom. The molecule has 3 rings (SSSR count). The molecule has 0 unspecified atom stereocenters.